The third-order valence-electron chi connectivity index (χ3n) is 4.43. The molecule has 4 rings (SSSR count). The monoisotopic (exact) mass is 357 g/mol. The molecule has 0 atom stereocenters. The highest BCUT2D eigenvalue weighted by atomic mass is 16.5. The lowest BCUT2D eigenvalue weighted by atomic mass is 10.0. The summed E-state index contributed by atoms with van der Waals surface area (Å²) in [5.74, 6) is 0.373. The van der Waals surface area contributed by atoms with Crippen molar-refractivity contribution in [3.05, 3.63) is 78.1 Å². The molecule has 5 heteroatoms. The first-order valence-electron chi connectivity index (χ1n) is 8.89. The zero-order valence-electron chi connectivity index (χ0n) is 15.0. The number of ether oxygens (including phenoxy) is 1. The highest BCUT2D eigenvalue weighted by molar-refractivity contribution is 6.15. The molecule has 0 unspecified atom stereocenters. The van der Waals surface area contributed by atoms with Crippen molar-refractivity contribution in [2.24, 2.45) is 0 Å². The number of amides is 1. The number of hydrogen-bond acceptors (Lipinski definition) is 4. The van der Waals surface area contributed by atoms with Gasteiger partial charge in [-0.05, 0) is 35.9 Å². The fourth-order valence-corrected chi connectivity index (χ4v) is 3.20. The van der Waals surface area contributed by atoms with E-state index in [9.17, 15) is 4.79 Å². The van der Waals surface area contributed by atoms with E-state index in [1.807, 2.05) is 61.5 Å². The molecule has 0 bridgehead atoms. The maximum absolute atomic E-state index is 12.9. The highest BCUT2D eigenvalue weighted by Gasteiger charge is 2.15. The van der Waals surface area contributed by atoms with E-state index in [4.69, 9.17) is 4.74 Å². The molecule has 2 aromatic carbocycles. The Hall–Kier alpha value is -3.47. The minimum atomic E-state index is -0.171. The van der Waals surface area contributed by atoms with Gasteiger partial charge in [0.15, 0.2) is 0 Å². The van der Waals surface area contributed by atoms with Crippen LogP contribution in [0.5, 0.6) is 5.88 Å². The Morgan fingerprint density at radius 2 is 1.78 bits per heavy atom. The molecule has 0 aliphatic carbocycles. The SMILES string of the molecule is CCOc1ncccc1CNC(=O)c1cc2ccccc2c2cccnc12. The number of nitrogens with one attached hydrogen (secondary N) is 1. The topological polar surface area (TPSA) is 64.1 Å². The predicted octanol–water partition coefficient (Wildman–Crippen LogP) is 4.11. The Labute approximate surface area is 157 Å². The van der Waals surface area contributed by atoms with Crippen LogP contribution in [0.25, 0.3) is 21.7 Å². The van der Waals surface area contributed by atoms with Crippen LogP contribution in [0.1, 0.15) is 22.8 Å². The molecule has 1 N–H and O–H groups in total. The van der Waals surface area contributed by atoms with Gasteiger partial charge in [-0.15, -0.1) is 0 Å². The van der Waals surface area contributed by atoms with E-state index >= 15 is 0 Å². The summed E-state index contributed by atoms with van der Waals surface area (Å²) in [6, 6.07) is 17.5. The maximum Gasteiger partial charge on any atom is 0.253 e. The van der Waals surface area contributed by atoms with E-state index < -0.39 is 0 Å². The number of fused-ring (bicyclic) bond motifs is 3. The van der Waals surface area contributed by atoms with E-state index in [0.717, 1.165) is 21.7 Å². The molecule has 134 valence electrons. The van der Waals surface area contributed by atoms with Gasteiger partial charge in [-0.2, -0.15) is 0 Å². The summed E-state index contributed by atoms with van der Waals surface area (Å²) in [6.07, 6.45) is 3.39. The number of benzene rings is 2. The molecule has 0 radical (unpaired) electrons. The van der Waals surface area contributed by atoms with Crippen molar-refractivity contribution < 1.29 is 9.53 Å². The second kappa shape index (κ2) is 7.41. The maximum atomic E-state index is 12.9. The quantitative estimate of drug-likeness (QED) is 0.546. The van der Waals surface area contributed by atoms with Crippen LogP contribution in [-0.2, 0) is 6.54 Å². The van der Waals surface area contributed by atoms with Crippen LogP contribution in [0.2, 0.25) is 0 Å². The Bertz CT molecular complexity index is 1120. The third kappa shape index (κ3) is 3.31. The normalized spacial score (nSPS) is 10.9. The van der Waals surface area contributed by atoms with Gasteiger partial charge < -0.3 is 10.1 Å². The first-order chi connectivity index (χ1) is 13.3. The third-order valence-corrected chi connectivity index (χ3v) is 4.43. The number of hydrogen-bond donors (Lipinski definition) is 1. The van der Waals surface area contributed by atoms with Crippen molar-refractivity contribution in [3.63, 3.8) is 0 Å². The Balaban J connectivity index is 1.69. The van der Waals surface area contributed by atoms with E-state index in [2.05, 4.69) is 15.3 Å². The van der Waals surface area contributed by atoms with Crippen LogP contribution in [-0.4, -0.2) is 22.5 Å². The van der Waals surface area contributed by atoms with Crippen molar-refractivity contribution in [3.8, 4) is 5.88 Å². The van der Waals surface area contributed by atoms with Crippen molar-refractivity contribution >= 4 is 27.6 Å². The van der Waals surface area contributed by atoms with Crippen LogP contribution in [0, 0.1) is 0 Å². The van der Waals surface area contributed by atoms with Gasteiger partial charge in [0, 0.05) is 29.9 Å². The highest BCUT2D eigenvalue weighted by Crippen LogP contribution is 2.27. The lowest BCUT2D eigenvalue weighted by Crippen LogP contribution is -2.23. The smallest absolute Gasteiger partial charge is 0.253 e. The van der Waals surface area contributed by atoms with Crippen LogP contribution in [0.3, 0.4) is 0 Å². The van der Waals surface area contributed by atoms with E-state index in [-0.39, 0.29) is 5.91 Å². The fraction of sp³-hybridized carbons (Fsp3) is 0.136. The fourth-order valence-electron chi connectivity index (χ4n) is 3.20. The molecule has 0 saturated heterocycles. The number of carbonyl (C=O) groups excluding carboxylic acids is 1. The average molecular weight is 357 g/mol. The second-order valence-corrected chi connectivity index (χ2v) is 6.13. The van der Waals surface area contributed by atoms with Gasteiger partial charge in [0.25, 0.3) is 5.91 Å². The second-order valence-electron chi connectivity index (χ2n) is 6.13. The summed E-state index contributed by atoms with van der Waals surface area (Å²) in [4.78, 5) is 21.6. The molecule has 0 aliphatic heterocycles. The lowest BCUT2D eigenvalue weighted by Gasteiger charge is -2.12. The summed E-state index contributed by atoms with van der Waals surface area (Å²) >= 11 is 0. The number of rotatable bonds is 5. The molecule has 2 heterocycles. The molecule has 27 heavy (non-hydrogen) atoms. The van der Waals surface area contributed by atoms with Crippen LogP contribution in [0.4, 0.5) is 0 Å². The van der Waals surface area contributed by atoms with Gasteiger partial charge in [0.05, 0.1) is 17.7 Å². The molecule has 4 aromatic rings. The predicted molar refractivity (Wildman–Crippen MR) is 106 cm³/mol. The van der Waals surface area contributed by atoms with Gasteiger partial charge in [-0.25, -0.2) is 4.98 Å². The molecule has 0 spiro atoms. The summed E-state index contributed by atoms with van der Waals surface area (Å²) in [6.45, 7) is 2.77. The molecule has 0 fully saturated rings. The minimum Gasteiger partial charge on any atom is -0.478 e. The van der Waals surface area contributed by atoms with Crippen molar-refractivity contribution in [1.82, 2.24) is 15.3 Å². The summed E-state index contributed by atoms with van der Waals surface area (Å²) in [5.41, 5.74) is 2.10. The van der Waals surface area contributed by atoms with Crippen LogP contribution < -0.4 is 10.1 Å². The molecular formula is C22H19N3O2. The molecule has 1 amide bonds. The zero-order valence-corrected chi connectivity index (χ0v) is 15.0. The molecule has 0 saturated carbocycles. The summed E-state index contributed by atoms with van der Waals surface area (Å²) in [7, 11) is 0. The van der Waals surface area contributed by atoms with Gasteiger partial charge >= 0.3 is 0 Å². The molecular weight excluding hydrogens is 338 g/mol. The van der Waals surface area contributed by atoms with Gasteiger partial charge in [-0.3, -0.25) is 9.78 Å². The Kier molecular flexibility index (Phi) is 4.66. The van der Waals surface area contributed by atoms with Gasteiger partial charge in [0.1, 0.15) is 0 Å². The summed E-state index contributed by atoms with van der Waals surface area (Å²) in [5, 5.41) is 6.04. The number of aromatic nitrogens is 2. The van der Waals surface area contributed by atoms with Crippen molar-refractivity contribution in [2.75, 3.05) is 6.61 Å². The summed E-state index contributed by atoms with van der Waals surface area (Å²) < 4.78 is 5.53. The van der Waals surface area contributed by atoms with Crippen molar-refractivity contribution in [2.45, 2.75) is 13.5 Å². The largest absolute Gasteiger partial charge is 0.478 e. The lowest BCUT2D eigenvalue weighted by molar-refractivity contribution is 0.0952. The minimum absolute atomic E-state index is 0.171. The van der Waals surface area contributed by atoms with Gasteiger partial charge in [-0.1, -0.05) is 36.4 Å². The standard InChI is InChI=1S/C22H19N3O2/c1-2-27-22-16(8-5-12-24-22)14-25-21(26)19-13-15-7-3-4-9-17(15)18-10-6-11-23-20(18)19/h3-13H,2,14H2,1H3,(H,25,26). The van der Waals surface area contributed by atoms with Crippen LogP contribution >= 0.6 is 0 Å². The van der Waals surface area contributed by atoms with E-state index in [1.165, 1.54) is 0 Å². The molecule has 0 aliphatic rings. The zero-order chi connectivity index (χ0) is 18.6. The van der Waals surface area contributed by atoms with Gasteiger partial charge in [0.2, 0.25) is 5.88 Å². The first-order valence-corrected chi connectivity index (χ1v) is 8.89. The average Bonchev–Trinajstić information content (AvgIpc) is 2.72. The number of nitrogens with zero attached hydrogens (tertiary/aromatic N) is 2. The Morgan fingerprint density at radius 3 is 2.67 bits per heavy atom. The van der Waals surface area contributed by atoms with Crippen LogP contribution in [0.15, 0.2) is 67.0 Å². The molecule has 2 aromatic heterocycles. The number of pyridine rings is 2. The van der Waals surface area contributed by atoms with E-state index in [0.29, 0.717) is 30.1 Å². The Morgan fingerprint density at radius 1 is 1.00 bits per heavy atom. The number of carbonyl (C=O) groups is 1. The first kappa shape index (κ1) is 17.0. The molecule has 5 nitrogen and oxygen atoms in total. The van der Waals surface area contributed by atoms with Crippen molar-refractivity contribution in [1.29, 1.82) is 0 Å². The van der Waals surface area contributed by atoms with E-state index in [1.54, 1.807) is 12.4 Å².